The van der Waals surface area contributed by atoms with Gasteiger partial charge in [0.05, 0.1) is 31.0 Å². The molecule has 0 aliphatic carbocycles. The fourth-order valence-corrected chi connectivity index (χ4v) is 2.62. The third-order valence-electron chi connectivity index (χ3n) is 3.88. The third-order valence-corrected chi connectivity index (χ3v) is 3.88. The maximum absolute atomic E-state index is 11.9. The van der Waals surface area contributed by atoms with Gasteiger partial charge in [0.2, 0.25) is 5.91 Å². The van der Waals surface area contributed by atoms with Crippen LogP contribution in [0.5, 0.6) is 0 Å². The minimum atomic E-state index is -0.547. The molecule has 0 saturated carbocycles. The lowest BCUT2D eigenvalue weighted by Gasteiger charge is -2.08. The first-order chi connectivity index (χ1) is 13.9. The molecular formula is C20H23N5O4. The first-order valence-corrected chi connectivity index (χ1v) is 9.17. The Morgan fingerprint density at radius 1 is 1.17 bits per heavy atom. The van der Waals surface area contributed by atoms with Crippen molar-refractivity contribution in [1.29, 1.82) is 0 Å². The number of hydrogen-bond donors (Lipinski definition) is 3. The minimum absolute atomic E-state index is 0.126. The molecule has 152 valence electrons. The summed E-state index contributed by atoms with van der Waals surface area (Å²) in [5.74, 6) is 0.474. The van der Waals surface area contributed by atoms with Gasteiger partial charge in [-0.2, -0.15) is 0 Å². The van der Waals surface area contributed by atoms with Crippen molar-refractivity contribution in [3.63, 3.8) is 0 Å². The molecule has 0 aliphatic rings. The average Bonchev–Trinajstić information content (AvgIpc) is 3.09. The van der Waals surface area contributed by atoms with Crippen molar-refractivity contribution in [2.24, 2.45) is 0 Å². The van der Waals surface area contributed by atoms with Crippen molar-refractivity contribution in [2.75, 3.05) is 24.4 Å². The number of amides is 2. The standard InChI is InChI=1S/C20H23N5O4/c1-12(2)29-20(27)23-15-10-16-19(21-11-15)25-18(24-16)13-5-4-6-14(9-13)22-17(26)7-8-28-3/h4-6,9-12H,7-8H2,1-3H3,(H,22,26)(H,23,27)(H,21,24,25). The van der Waals surface area contributed by atoms with Crippen LogP contribution in [-0.2, 0) is 14.3 Å². The summed E-state index contributed by atoms with van der Waals surface area (Å²) in [6.07, 6.45) is 1.04. The topological polar surface area (TPSA) is 118 Å². The monoisotopic (exact) mass is 397 g/mol. The largest absolute Gasteiger partial charge is 0.447 e. The number of aromatic nitrogens is 3. The molecule has 0 aliphatic heterocycles. The Balaban J connectivity index is 1.77. The predicted molar refractivity (Wildman–Crippen MR) is 110 cm³/mol. The second kappa shape index (κ2) is 9.16. The van der Waals surface area contributed by atoms with Gasteiger partial charge < -0.3 is 19.8 Å². The molecule has 3 aromatic rings. The molecule has 0 bridgehead atoms. The molecule has 0 atom stereocenters. The summed E-state index contributed by atoms with van der Waals surface area (Å²) >= 11 is 0. The van der Waals surface area contributed by atoms with Crippen LogP contribution in [0.2, 0.25) is 0 Å². The molecule has 2 aromatic heterocycles. The van der Waals surface area contributed by atoms with Crippen molar-refractivity contribution < 1.29 is 19.1 Å². The average molecular weight is 397 g/mol. The molecule has 3 rings (SSSR count). The van der Waals surface area contributed by atoms with Crippen LogP contribution in [0.3, 0.4) is 0 Å². The van der Waals surface area contributed by atoms with Crippen molar-refractivity contribution in [2.45, 2.75) is 26.4 Å². The number of anilines is 2. The number of benzene rings is 1. The number of nitrogens with zero attached hydrogens (tertiary/aromatic N) is 2. The molecule has 29 heavy (non-hydrogen) atoms. The van der Waals surface area contributed by atoms with E-state index >= 15 is 0 Å². The van der Waals surface area contributed by atoms with Crippen LogP contribution in [0.15, 0.2) is 36.5 Å². The van der Waals surface area contributed by atoms with E-state index in [-0.39, 0.29) is 18.4 Å². The molecule has 0 spiro atoms. The molecule has 0 unspecified atom stereocenters. The van der Waals surface area contributed by atoms with E-state index in [1.807, 2.05) is 18.2 Å². The van der Waals surface area contributed by atoms with E-state index in [4.69, 9.17) is 9.47 Å². The normalized spacial score (nSPS) is 10.9. The van der Waals surface area contributed by atoms with Gasteiger partial charge in [-0.3, -0.25) is 10.1 Å². The molecule has 2 amide bonds. The zero-order valence-electron chi connectivity index (χ0n) is 16.5. The van der Waals surface area contributed by atoms with Gasteiger partial charge in [0.25, 0.3) is 0 Å². The van der Waals surface area contributed by atoms with Crippen molar-refractivity contribution in [3.05, 3.63) is 36.5 Å². The Bertz CT molecular complexity index is 1020. The molecule has 1 aromatic carbocycles. The Morgan fingerprint density at radius 3 is 2.76 bits per heavy atom. The van der Waals surface area contributed by atoms with Gasteiger partial charge in [0.1, 0.15) is 11.3 Å². The van der Waals surface area contributed by atoms with Gasteiger partial charge in [-0.25, -0.2) is 14.8 Å². The Hall–Kier alpha value is -3.46. The van der Waals surface area contributed by atoms with Crippen LogP contribution in [0.4, 0.5) is 16.2 Å². The Morgan fingerprint density at radius 2 is 2.00 bits per heavy atom. The number of hydrogen-bond acceptors (Lipinski definition) is 6. The summed E-state index contributed by atoms with van der Waals surface area (Å²) in [6.45, 7) is 3.91. The number of fused-ring (bicyclic) bond motifs is 1. The summed E-state index contributed by atoms with van der Waals surface area (Å²) in [5, 5.41) is 5.46. The first kappa shape index (κ1) is 20.3. The van der Waals surface area contributed by atoms with E-state index < -0.39 is 6.09 Å². The number of pyridine rings is 1. The molecule has 0 saturated heterocycles. The van der Waals surface area contributed by atoms with Crippen LogP contribution in [0.1, 0.15) is 20.3 Å². The van der Waals surface area contributed by atoms with Crippen LogP contribution in [-0.4, -0.2) is 46.8 Å². The number of imidazole rings is 1. The summed E-state index contributed by atoms with van der Waals surface area (Å²) in [5.41, 5.74) is 3.12. The van der Waals surface area contributed by atoms with Gasteiger partial charge in [-0.15, -0.1) is 0 Å². The molecule has 9 nitrogen and oxygen atoms in total. The SMILES string of the molecule is COCCC(=O)Nc1cccc(-c2nc3cc(NC(=O)OC(C)C)cnc3[nH]2)c1. The quantitative estimate of drug-likeness (QED) is 0.561. The maximum atomic E-state index is 11.9. The number of H-pyrrole nitrogens is 1. The van der Waals surface area contributed by atoms with E-state index in [1.165, 1.54) is 6.20 Å². The van der Waals surface area contributed by atoms with Gasteiger partial charge in [-0.1, -0.05) is 12.1 Å². The van der Waals surface area contributed by atoms with E-state index in [1.54, 1.807) is 33.1 Å². The minimum Gasteiger partial charge on any atom is -0.447 e. The second-order valence-corrected chi connectivity index (χ2v) is 6.63. The molecule has 2 heterocycles. The number of nitrogens with one attached hydrogen (secondary N) is 3. The van der Waals surface area contributed by atoms with Crippen LogP contribution in [0.25, 0.3) is 22.6 Å². The van der Waals surface area contributed by atoms with E-state index in [2.05, 4.69) is 25.6 Å². The van der Waals surface area contributed by atoms with Gasteiger partial charge >= 0.3 is 6.09 Å². The summed E-state index contributed by atoms with van der Waals surface area (Å²) in [4.78, 5) is 35.6. The predicted octanol–water partition coefficient (Wildman–Crippen LogP) is 3.56. The smallest absolute Gasteiger partial charge is 0.411 e. The van der Waals surface area contributed by atoms with Gasteiger partial charge in [-0.05, 0) is 32.0 Å². The zero-order valence-corrected chi connectivity index (χ0v) is 16.5. The Kier molecular flexibility index (Phi) is 6.40. The number of methoxy groups -OCH3 is 1. The third kappa shape index (κ3) is 5.52. The van der Waals surface area contributed by atoms with Gasteiger partial charge in [0, 0.05) is 18.4 Å². The highest BCUT2D eigenvalue weighted by Gasteiger charge is 2.11. The van der Waals surface area contributed by atoms with Crippen molar-refractivity contribution in [3.8, 4) is 11.4 Å². The van der Waals surface area contributed by atoms with Crippen molar-refractivity contribution >= 4 is 34.5 Å². The molecule has 0 fully saturated rings. The fraction of sp³-hybridized carbons (Fsp3) is 0.300. The molecule has 9 heteroatoms. The Labute approximate surface area is 167 Å². The number of carbonyl (C=O) groups excluding carboxylic acids is 2. The van der Waals surface area contributed by atoms with Gasteiger partial charge in [0.15, 0.2) is 5.65 Å². The van der Waals surface area contributed by atoms with E-state index in [0.717, 1.165) is 5.56 Å². The molecule has 3 N–H and O–H groups in total. The number of aromatic amines is 1. The molecular weight excluding hydrogens is 374 g/mol. The first-order valence-electron chi connectivity index (χ1n) is 9.17. The van der Waals surface area contributed by atoms with E-state index in [0.29, 0.717) is 35.0 Å². The lowest BCUT2D eigenvalue weighted by Crippen LogP contribution is -2.18. The summed E-state index contributed by atoms with van der Waals surface area (Å²) in [6, 6.07) is 9.04. The van der Waals surface area contributed by atoms with Crippen LogP contribution in [0, 0.1) is 0 Å². The van der Waals surface area contributed by atoms with Crippen LogP contribution < -0.4 is 10.6 Å². The maximum Gasteiger partial charge on any atom is 0.411 e. The summed E-state index contributed by atoms with van der Waals surface area (Å²) in [7, 11) is 1.55. The lowest BCUT2D eigenvalue weighted by molar-refractivity contribution is -0.117. The van der Waals surface area contributed by atoms with E-state index in [9.17, 15) is 9.59 Å². The highest BCUT2D eigenvalue weighted by Crippen LogP contribution is 2.24. The van der Waals surface area contributed by atoms with Crippen LogP contribution >= 0.6 is 0 Å². The number of carbonyl (C=O) groups is 2. The number of rotatable bonds is 7. The lowest BCUT2D eigenvalue weighted by atomic mass is 10.2. The number of ether oxygens (including phenoxy) is 2. The van der Waals surface area contributed by atoms with Crippen molar-refractivity contribution in [1.82, 2.24) is 15.0 Å². The highest BCUT2D eigenvalue weighted by molar-refractivity contribution is 5.92. The highest BCUT2D eigenvalue weighted by atomic mass is 16.6. The summed E-state index contributed by atoms with van der Waals surface area (Å²) < 4.78 is 9.97. The molecule has 0 radical (unpaired) electrons. The second-order valence-electron chi connectivity index (χ2n) is 6.63. The zero-order chi connectivity index (χ0) is 20.8. The fourth-order valence-electron chi connectivity index (χ4n) is 2.62.